The van der Waals surface area contributed by atoms with Gasteiger partial charge < -0.3 is 20.1 Å². The summed E-state index contributed by atoms with van der Waals surface area (Å²) in [6, 6.07) is 1.90. The van der Waals surface area contributed by atoms with Crippen LogP contribution in [-0.2, 0) is 11.3 Å². The molecule has 1 aliphatic rings. The van der Waals surface area contributed by atoms with Crippen LogP contribution in [-0.4, -0.2) is 72.6 Å². The molecule has 1 amide bonds. The van der Waals surface area contributed by atoms with Gasteiger partial charge in [-0.1, -0.05) is 5.16 Å². The minimum absolute atomic E-state index is 0.0389. The SMILES string of the molecule is CCNC(=O)C(C)(C)CN=C(NCC)N1CCN(Cc2ccon2)CC1. The molecule has 0 bridgehead atoms. The first-order valence-corrected chi connectivity index (χ1v) is 9.39. The maximum absolute atomic E-state index is 12.2. The Balaban J connectivity index is 1.91. The second-order valence-corrected chi connectivity index (χ2v) is 7.17. The Labute approximate surface area is 156 Å². The number of amides is 1. The molecule has 0 spiro atoms. The molecule has 0 aromatic carbocycles. The van der Waals surface area contributed by atoms with Crippen LogP contribution in [0.3, 0.4) is 0 Å². The number of rotatable bonds is 7. The standard InChI is InChI=1S/C18H32N6O2/c1-5-19-16(25)18(3,4)14-21-17(20-6-2)24-10-8-23(9-11-24)13-15-7-12-26-22-15/h7,12H,5-6,8-11,13-14H2,1-4H3,(H,19,25)(H,20,21). The molecular formula is C18H32N6O2. The van der Waals surface area contributed by atoms with Crippen molar-refractivity contribution in [2.75, 3.05) is 45.8 Å². The van der Waals surface area contributed by atoms with Crippen molar-refractivity contribution in [3.63, 3.8) is 0 Å². The van der Waals surface area contributed by atoms with E-state index in [9.17, 15) is 4.79 Å². The fourth-order valence-corrected chi connectivity index (χ4v) is 2.84. The van der Waals surface area contributed by atoms with Crippen molar-refractivity contribution >= 4 is 11.9 Å². The van der Waals surface area contributed by atoms with Crippen LogP contribution >= 0.6 is 0 Å². The van der Waals surface area contributed by atoms with Crippen molar-refractivity contribution in [3.05, 3.63) is 18.0 Å². The lowest BCUT2D eigenvalue weighted by molar-refractivity contribution is -0.128. The Bertz CT molecular complexity index is 577. The molecule has 1 fully saturated rings. The molecule has 1 aromatic heterocycles. The van der Waals surface area contributed by atoms with Crippen LogP contribution in [0, 0.1) is 5.41 Å². The summed E-state index contributed by atoms with van der Waals surface area (Å²) in [5, 5.41) is 10.2. The molecule has 8 nitrogen and oxygen atoms in total. The van der Waals surface area contributed by atoms with Crippen molar-refractivity contribution < 1.29 is 9.32 Å². The normalized spacial score (nSPS) is 16.6. The van der Waals surface area contributed by atoms with E-state index < -0.39 is 5.41 Å². The van der Waals surface area contributed by atoms with Gasteiger partial charge in [0, 0.05) is 51.9 Å². The van der Waals surface area contributed by atoms with Crippen LogP contribution < -0.4 is 10.6 Å². The number of hydrogen-bond donors (Lipinski definition) is 2. The van der Waals surface area contributed by atoms with E-state index in [1.165, 1.54) is 0 Å². The van der Waals surface area contributed by atoms with Gasteiger partial charge in [0.15, 0.2) is 5.96 Å². The van der Waals surface area contributed by atoms with E-state index in [0.717, 1.165) is 50.9 Å². The van der Waals surface area contributed by atoms with E-state index in [2.05, 4.69) is 32.5 Å². The molecule has 8 heteroatoms. The third-order valence-electron chi connectivity index (χ3n) is 4.46. The van der Waals surface area contributed by atoms with E-state index in [-0.39, 0.29) is 5.91 Å². The number of guanidine groups is 1. The van der Waals surface area contributed by atoms with E-state index in [4.69, 9.17) is 9.52 Å². The zero-order valence-corrected chi connectivity index (χ0v) is 16.4. The zero-order chi connectivity index (χ0) is 19.0. The average molecular weight is 364 g/mol. The maximum Gasteiger partial charge on any atom is 0.227 e. The number of carbonyl (C=O) groups is 1. The van der Waals surface area contributed by atoms with Crippen LogP contribution in [0.5, 0.6) is 0 Å². The minimum Gasteiger partial charge on any atom is -0.364 e. The van der Waals surface area contributed by atoms with Crippen LogP contribution in [0.1, 0.15) is 33.4 Å². The Hall–Kier alpha value is -2.09. The third kappa shape index (κ3) is 5.72. The Morgan fingerprint density at radius 2 is 1.92 bits per heavy atom. The van der Waals surface area contributed by atoms with Crippen molar-refractivity contribution in [3.8, 4) is 0 Å². The summed E-state index contributed by atoms with van der Waals surface area (Å²) >= 11 is 0. The number of piperazine rings is 1. The second-order valence-electron chi connectivity index (χ2n) is 7.17. The van der Waals surface area contributed by atoms with Gasteiger partial charge in [-0.2, -0.15) is 0 Å². The van der Waals surface area contributed by atoms with Gasteiger partial charge in [-0.25, -0.2) is 0 Å². The van der Waals surface area contributed by atoms with Crippen molar-refractivity contribution in [2.45, 2.75) is 34.2 Å². The molecular weight excluding hydrogens is 332 g/mol. The van der Waals surface area contributed by atoms with E-state index in [0.29, 0.717) is 13.1 Å². The Kier molecular flexibility index (Phi) is 7.44. The highest BCUT2D eigenvalue weighted by Crippen LogP contribution is 2.16. The summed E-state index contributed by atoms with van der Waals surface area (Å²) in [4.78, 5) is 21.5. The molecule has 0 radical (unpaired) electrons. The molecule has 26 heavy (non-hydrogen) atoms. The summed E-state index contributed by atoms with van der Waals surface area (Å²) in [6.45, 7) is 14.2. The van der Waals surface area contributed by atoms with Gasteiger partial charge in [-0.3, -0.25) is 14.7 Å². The van der Waals surface area contributed by atoms with Gasteiger partial charge in [0.25, 0.3) is 0 Å². The summed E-state index contributed by atoms with van der Waals surface area (Å²) < 4.78 is 4.90. The topological polar surface area (TPSA) is 86.0 Å². The first-order valence-electron chi connectivity index (χ1n) is 9.39. The number of aromatic nitrogens is 1. The van der Waals surface area contributed by atoms with Gasteiger partial charge in [0.1, 0.15) is 6.26 Å². The Morgan fingerprint density at radius 3 is 2.50 bits per heavy atom. The molecule has 1 aromatic rings. The Morgan fingerprint density at radius 1 is 1.23 bits per heavy atom. The van der Waals surface area contributed by atoms with Gasteiger partial charge in [-0.05, 0) is 27.7 Å². The number of aliphatic imine (C=N–C) groups is 1. The molecule has 1 saturated heterocycles. The number of nitrogens with zero attached hydrogens (tertiary/aromatic N) is 4. The highest BCUT2D eigenvalue weighted by atomic mass is 16.5. The minimum atomic E-state index is -0.522. The van der Waals surface area contributed by atoms with Crippen molar-refractivity contribution in [1.82, 2.24) is 25.6 Å². The molecule has 146 valence electrons. The molecule has 0 atom stereocenters. The number of carbonyl (C=O) groups excluding carboxylic acids is 1. The second kappa shape index (κ2) is 9.56. The third-order valence-corrected chi connectivity index (χ3v) is 4.46. The van der Waals surface area contributed by atoms with Crippen molar-refractivity contribution in [1.29, 1.82) is 0 Å². The highest BCUT2D eigenvalue weighted by molar-refractivity contribution is 5.83. The smallest absolute Gasteiger partial charge is 0.227 e. The quantitative estimate of drug-likeness (QED) is 0.553. The lowest BCUT2D eigenvalue weighted by atomic mass is 9.92. The zero-order valence-electron chi connectivity index (χ0n) is 16.4. The lowest BCUT2D eigenvalue weighted by Gasteiger charge is -2.36. The average Bonchev–Trinajstić information content (AvgIpc) is 3.12. The predicted octanol–water partition coefficient (Wildman–Crippen LogP) is 0.920. The largest absolute Gasteiger partial charge is 0.364 e. The summed E-state index contributed by atoms with van der Waals surface area (Å²) in [5.41, 5.74) is 0.438. The van der Waals surface area contributed by atoms with E-state index in [1.54, 1.807) is 6.26 Å². The van der Waals surface area contributed by atoms with Crippen LogP contribution in [0.4, 0.5) is 0 Å². The van der Waals surface area contributed by atoms with Crippen LogP contribution in [0.15, 0.2) is 21.8 Å². The maximum atomic E-state index is 12.2. The molecule has 2 heterocycles. The predicted molar refractivity (Wildman–Crippen MR) is 102 cm³/mol. The first kappa shape index (κ1) is 20.2. The molecule has 0 saturated carbocycles. The summed E-state index contributed by atoms with van der Waals surface area (Å²) in [7, 11) is 0. The molecule has 0 unspecified atom stereocenters. The molecule has 1 aliphatic heterocycles. The fourth-order valence-electron chi connectivity index (χ4n) is 2.84. The summed E-state index contributed by atoms with van der Waals surface area (Å²) in [6.07, 6.45) is 1.61. The van der Waals surface area contributed by atoms with Crippen LogP contribution in [0.25, 0.3) is 0 Å². The fraction of sp³-hybridized carbons (Fsp3) is 0.722. The van der Waals surface area contributed by atoms with Gasteiger partial charge in [-0.15, -0.1) is 0 Å². The number of nitrogens with one attached hydrogen (secondary N) is 2. The van der Waals surface area contributed by atoms with E-state index in [1.807, 2.05) is 26.8 Å². The van der Waals surface area contributed by atoms with Gasteiger partial charge in [0.2, 0.25) is 5.91 Å². The summed E-state index contributed by atoms with van der Waals surface area (Å²) in [5.74, 6) is 0.919. The number of hydrogen-bond acceptors (Lipinski definition) is 5. The first-order chi connectivity index (χ1) is 12.5. The highest BCUT2D eigenvalue weighted by Gasteiger charge is 2.28. The van der Waals surface area contributed by atoms with E-state index >= 15 is 0 Å². The monoisotopic (exact) mass is 364 g/mol. The van der Waals surface area contributed by atoms with Gasteiger partial charge in [0.05, 0.1) is 17.7 Å². The molecule has 2 N–H and O–H groups in total. The van der Waals surface area contributed by atoms with Gasteiger partial charge >= 0.3 is 0 Å². The van der Waals surface area contributed by atoms with Crippen molar-refractivity contribution in [2.24, 2.45) is 10.4 Å². The van der Waals surface area contributed by atoms with Crippen LogP contribution in [0.2, 0.25) is 0 Å². The molecule has 0 aliphatic carbocycles. The molecule has 2 rings (SSSR count). The lowest BCUT2D eigenvalue weighted by Crippen LogP contribution is -2.52.